The molecule has 1 rings (SSSR count). The maximum atomic E-state index is 11.1. The zero-order valence-electron chi connectivity index (χ0n) is 10.2. The summed E-state index contributed by atoms with van der Waals surface area (Å²) in [6, 6.07) is 5.67. The van der Waals surface area contributed by atoms with Crippen molar-refractivity contribution < 1.29 is 9.53 Å². The molecule has 0 amide bonds. The highest BCUT2D eigenvalue weighted by Crippen LogP contribution is 2.29. The highest BCUT2D eigenvalue weighted by molar-refractivity contribution is 5.66. The van der Waals surface area contributed by atoms with Gasteiger partial charge >= 0.3 is 5.97 Å². The van der Waals surface area contributed by atoms with Crippen LogP contribution in [0, 0.1) is 0 Å². The van der Waals surface area contributed by atoms with E-state index in [-0.39, 0.29) is 5.97 Å². The maximum absolute atomic E-state index is 11.1. The lowest BCUT2D eigenvalue weighted by Gasteiger charge is -2.28. The van der Waals surface area contributed by atoms with Crippen molar-refractivity contribution >= 4 is 5.97 Å². The van der Waals surface area contributed by atoms with Crippen molar-refractivity contribution in [3.05, 3.63) is 30.1 Å². The number of nitrogens with zero attached hydrogens (tertiary/aromatic N) is 1. The van der Waals surface area contributed by atoms with E-state index in [1.54, 1.807) is 6.20 Å². The molecular formula is C13H19NO2. The third-order valence-corrected chi connectivity index (χ3v) is 2.58. The first-order chi connectivity index (χ1) is 7.58. The van der Waals surface area contributed by atoms with Gasteiger partial charge < -0.3 is 4.74 Å². The normalized spacial score (nSPS) is 14.2. The lowest BCUT2D eigenvalue weighted by Crippen LogP contribution is -2.29. The first kappa shape index (κ1) is 12.7. The molecule has 1 aromatic heterocycles. The lowest BCUT2D eigenvalue weighted by atomic mass is 9.94. The predicted molar refractivity (Wildman–Crippen MR) is 62.9 cm³/mol. The Morgan fingerprint density at radius 2 is 2.25 bits per heavy atom. The number of carbonyl (C=O) groups is 1. The summed E-state index contributed by atoms with van der Waals surface area (Å²) in [5.41, 5.74) is 0.224. The zero-order chi connectivity index (χ0) is 12.0. The lowest BCUT2D eigenvalue weighted by molar-refractivity contribution is -0.157. The van der Waals surface area contributed by atoms with Gasteiger partial charge in [0.15, 0.2) is 5.60 Å². The van der Waals surface area contributed by atoms with Crippen LogP contribution >= 0.6 is 0 Å². The average molecular weight is 221 g/mol. The van der Waals surface area contributed by atoms with Crippen LogP contribution in [0.1, 0.15) is 45.7 Å². The van der Waals surface area contributed by atoms with Crippen molar-refractivity contribution in [3.8, 4) is 0 Å². The molecule has 0 aromatic carbocycles. The van der Waals surface area contributed by atoms with Crippen molar-refractivity contribution in [2.24, 2.45) is 0 Å². The number of esters is 1. The molecule has 0 bridgehead atoms. The highest BCUT2D eigenvalue weighted by Gasteiger charge is 2.30. The molecule has 0 aliphatic carbocycles. The summed E-state index contributed by atoms with van der Waals surface area (Å²) >= 11 is 0. The third-order valence-electron chi connectivity index (χ3n) is 2.58. The van der Waals surface area contributed by atoms with E-state index in [1.165, 1.54) is 6.92 Å². The summed E-state index contributed by atoms with van der Waals surface area (Å²) in [6.45, 7) is 5.48. The quantitative estimate of drug-likeness (QED) is 0.717. The van der Waals surface area contributed by atoms with Crippen LogP contribution < -0.4 is 0 Å². The monoisotopic (exact) mass is 221 g/mol. The van der Waals surface area contributed by atoms with E-state index in [2.05, 4.69) is 11.9 Å². The van der Waals surface area contributed by atoms with Crippen molar-refractivity contribution in [1.29, 1.82) is 0 Å². The molecule has 0 fully saturated rings. The molecule has 0 saturated carbocycles. The highest BCUT2D eigenvalue weighted by atomic mass is 16.6. The molecule has 16 heavy (non-hydrogen) atoms. The summed E-state index contributed by atoms with van der Waals surface area (Å²) in [6.07, 6.45) is 4.62. The Bertz CT molecular complexity index is 337. The van der Waals surface area contributed by atoms with Crippen LogP contribution in [-0.4, -0.2) is 11.0 Å². The largest absolute Gasteiger partial charge is 0.453 e. The van der Waals surface area contributed by atoms with E-state index < -0.39 is 5.60 Å². The minimum absolute atomic E-state index is 0.260. The topological polar surface area (TPSA) is 39.2 Å². The van der Waals surface area contributed by atoms with E-state index in [0.717, 1.165) is 25.0 Å². The molecular weight excluding hydrogens is 202 g/mol. The summed E-state index contributed by atoms with van der Waals surface area (Å²) < 4.78 is 5.42. The molecule has 0 aliphatic rings. The molecule has 0 saturated heterocycles. The second kappa shape index (κ2) is 5.64. The summed E-state index contributed by atoms with van der Waals surface area (Å²) in [5, 5.41) is 0. The summed E-state index contributed by atoms with van der Waals surface area (Å²) in [5.74, 6) is -0.260. The molecule has 1 aromatic rings. The molecule has 0 spiro atoms. The molecule has 3 heteroatoms. The number of unbranched alkanes of at least 4 members (excludes halogenated alkanes) is 1. The standard InChI is InChI=1S/C13H19NO2/c1-4-5-9-13(3,16-11(2)15)12-8-6-7-10-14-12/h6-8,10H,4-5,9H2,1-3H3. The fraction of sp³-hybridized carbons (Fsp3) is 0.538. The fourth-order valence-electron chi connectivity index (χ4n) is 1.74. The van der Waals surface area contributed by atoms with Crippen LogP contribution in [0.3, 0.4) is 0 Å². The van der Waals surface area contributed by atoms with Crippen molar-refractivity contribution in [2.75, 3.05) is 0 Å². The molecule has 88 valence electrons. The van der Waals surface area contributed by atoms with E-state index in [4.69, 9.17) is 4.74 Å². The van der Waals surface area contributed by atoms with Gasteiger partial charge in [0.25, 0.3) is 0 Å². The Hall–Kier alpha value is -1.38. The molecule has 1 atom stereocenters. The van der Waals surface area contributed by atoms with Crippen LogP contribution in [0.25, 0.3) is 0 Å². The van der Waals surface area contributed by atoms with E-state index in [0.29, 0.717) is 0 Å². The zero-order valence-corrected chi connectivity index (χ0v) is 10.2. The van der Waals surface area contributed by atoms with Crippen LogP contribution in [0.4, 0.5) is 0 Å². The van der Waals surface area contributed by atoms with E-state index in [1.807, 2.05) is 25.1 Å². The van der Waals surface area contributed by atoms with Crippen molar-refractivity contribution in [3.63, 3.8) is 0 Å². The first-order valence-electron chi connectivity index (χ1n) is 5.69. The van der Waals surface area contributed by atoms with Gasteiger partial charge in [-0.2, -0.15) is 0 Å². The van der Waals surface area contributed by atoms with Crippen LogP contribution in [0.2, 0.25) is 0 Å². The SMILES string of the molecule is CCCCC(C)(OC(C)=O)c1ccccn1. The number of hydrogen-bond acceptors (Lipinski definition) is 3. The van der Waals surface area contributed by atoms with Crippen molar-refractivity contribution in [2.45, 2.75) is 45.6 Å². The molecule has 0 aliphatic heterocycles. The van der Waals surface area contributed by atoms with E-state index >= 15 is 0 Å². The smallest absolute Gasteiger partial charge is 0.303 e. The van der Waals surface area contributed by atoms with E-state index in [9.17, 15) is 4.79 Å². The maximum Gasteiger partial charge on any atom is 0.303 e. The van der Waals surface area contributed by atoms with Gasteiger partial charge in [0.2, 0.25) is 0 Å². The van der Waals surface area contributed by atoms with Gasteiger partial charge in [-0.1, -0.05) is 19.4 Å². The number of carbonyl (C=O) groups excluding carboxylic acids is 1. The van der Waals surface area contributed by atoms with Crippen LogP contribution in [0.5, 0.6) is 0 Å². The Morgan fingerprint density at radius 1 is 1.50 bits per heavy atom. The predicted octanol–water partition coefficient (Wildman–Crippen LogP) is 3.05. The molecule has 0 radical (unpaired) electrons. The Kier molecular flexibility index (Phi) is 4.47. The molecule has 0 N–H and O–H groups in total. The second-order valence-corrected chi connectivity index (χ2v) is 4.14. The number of hydrogen-bond donors (Lipinski definition) is 0. The Labute approximate surface area is 96.8 Å². The first-order valence-corrected chi connectivity index (χ1v) is 5.69. The van der Waals surface area contributed by atoms with Gasteiger partial charge in [-0.05, 0) is 31.9 Å². The Morgan fingerprint density at radius 3 is 2.75 bits per heavy atom. The number of pyridine rings is 1. The van der Waals surface area contributed by atoms with Crippen LogP contribution in [0.15, 0.2) is 24.4 Å². The third kappa shape index (κ3) is 3.33. The Balaban J connectivity index is 2.90. The summed E-state index contributed by atoms with van der Waals surface area (Å²) in [7, 11) is 0. The minimum atomic E-state index is -0.594. The fourth-order valence-corrected chi connectivity index (χ4v) is 1.74. The number of ether oxygens (including phenoxy) is 1. The van der Waals surface area contributed by atoms with Crippen molar-refractivity contribution in [1.82, 2.24) is 4.98 Å². The number of aromatic nitrogens is 1. The van der Waals surface area contributed by atoms with Gasteiger partial charge in [-0.15, -0.1) is 0 Å². The minimum Gasteiger partial charge on any atom is -0.453 e. The molecule has 3 nitrogen and oxygen atoms in total. The average Bonchev–Trinajstić information content (AvgIpc) is 2.27. The van der Waals surface area contributed by atoms with Crippen LogP contribution in [-0.2, 0) is 15.1 Å². The molecule has 1 unspecified atom stereocenters. The summed E-state index contributed by atoms with van der Waals surface area (Å²) in [4.78, 5) is 15.4. The van der Waals surface area contributed by atoms with Gasteiger partial charge in [0.1, 0.15) is 0 Å². The van der Waals surface area contributed by atoms with Gasteiger partial charge in [0.05, 0.1) is 5.69 Å². The van der Waals surface area contributed by atoms with Gasteiger partial charge in [0, 0.05) is 13.1 Å². The van der Waals surface area contributed by atoms with Gasteiger partial charge in [-0.25, -0.2) is 0 Å². The molecule has 1 heterocycles. The number of rotatable bonds is 5. The van der Waals surface area contributed by atoms with Gasteiger partial charge in [-0.3, -0.25) is 9.78 Å². The second-order valence-electron chi connectivity index (χ2n) is 4.14.